The molecule has 2 N–H and O–H groups in total. The molecule has 20 heavy (non-hydrogen) atoms. The van der Waals surface area contributed by atoms with E-state index in [1.54, 1.807) is 14.2 Å². The maximum Gasteiger partial charge on any atom is 0.127 e. The fourth-order valence-corrected chi connectivity index (χ4v) is 3.24. The molecule has 0 saturated carbocycles. The van der Waals surface area contributed by atoms with Crippen molar-refractivity contribution in [3.63, 3.8) is 0 Å². The Morgan fingerprint density at radius 3 is 2.50 bits per heavy atom. The second kappa shape index (κ2) is 6.46. The minimum absolute atomic E-state index is 0.473. The zero-order chi connectivity index (χ0) is 14.7. The molecule has 1 unspecified atom stereocenters. The number of ether oxygens (including phenoxy) is 2. The van der Waals surface area contributed by atoms with Crippen LogP contribution >= 0.6 is 0 Å². The summed E-state index contributed by atoms with van der Waals surface area (Å²) in [6.07, 6.45) is 2.15. The first kappa shape index (κ1) is 15.1. The Morgan fingerprint density at radius 1 is 1.25 bits per heavy atom. The van der Waals surface area contributed by atoms with Crippen molar-refractivity contribution in [2.45, 2.75) is 45.8 Å². The van der Waals surface area contributed by atoms with Crippen molar-refractivity contribution in [1.29, 1.82) is 0 Å². The van der Waals surface area contributed by atoms with Crippen LogP contribution in [0.1, 0.15) is 37.0 Å². The number of hydrogen-bond donors (Lipinski definition) is 1. The van der Waals surface area contributed by atoms with Gasteiger partial charge in [-0.1, -0.05) is 13.8 Å². The number of hydrogen-bond acceptors (Lipinski definition) is 4. The van der Waals surface area contributed by atoms with Crippen molar-refractivity contribution in [3.05, 3.63) is 22.8 Å². The van der Waals surface area contributed by atoms with Crippen LogP contribution in [0.4, 0.5) is 0 Å². The summed E-state index contributed by atoms with van der Waals surface area (Å²) in [6, 6.07) is 2.59. The molecule has 1 heterocycles. The maximum absolute atomic E-state index is 5.86. The molecule has 0 bridgehead atoms. The molecule has 0 aromatic heterocycles. The molecular weight excluding hydrogens is 252 g/mol. The third-order valence-corrected chi connectivity index (χ3v) is 4.37. The fraction of sp³-hybridized carbons (Fsp3) is 0.625. The van der Waals surface area contributed by atoms with Crippen LogP contribution in [-0.2, 0) is 19.5 Å². The summed E-state index contributed by atoms with van der Waals surface area (Å²) in [5.74, 6) is 1.90. The molecule has 4 heteroatoms. The maximum atomic E-state index is 5.86. The molecule has 2 rings (SSSR count). The monoisotopic (exact) mass is 278 g/mol. The van der Waals surface area contributed by atoms with E-state index >= 15 is 0 Å². The van der Waals surface area contributed by atoms with Gasteiger partial charge in [0, 0.05) is 35.8 Å². The number of fused-ring (bicyclic) bond motifs is 1. The molecule has 0 aliphatic carbocycles. The molecule has 0 saturated heterocycles. The molecule has 1 aromatic carbocycles. The van der Waals surface area contributed by atoms with Gasteiger partial charge in [-0.05, 0) is 25.5 Å². The Bertz CT molecular complexity index is 474. The highest BCUT2D eigenvalue weighted by Crippen LogP contribution is 2.39. The predicted molar refractivity (Wildman–Crippen MR) is 81.3 cm³/mol. The van der Waals surface area contributed by atoms with E-state index in [-0.39, 0.29) is 0 Å². The van der Waals surface area contributed by atoms with E-state index in [9.17, 15) is 0 Å². The van der Waals surface area contributed by atoms with E-state index in [4.69, 9.17) is 15.2 Å². The summed E-state index contributed by atoms with van der Waals surface area (Å²) in [7, 11) is 3.46. The molecule has 1 aromatic rings. The van der Waals surface area contributed by atoms with Crippen molar-refractivity contribution >= 4 is 0 Å². The number of nitrogens with two attached hydrogens (primary N) is 1. The van der Waals surface area contributed by atoms with E-state index in [0.29, 0.717) is 12.6 Å². The molecule has 1 aliphatic rings. The Morgan fingerprint density at radius 2 is 2.00 bits per heavy atom. The summed E-state index contributed by atoms with van der Waals surface area (Å²) in [5.41, 5.74) is 9.43. The van der Waals surface area contributed by atoms with Crippen LogP contribution in [0.15, 0.2) is 6.07 Å². The van der Waals surface area contributed by atoms with Crippen LogP contribution < -0.4 is 15.2 Å². The SMILES string of the molecule is CCC1Cc2c(c(OC)cc(CN)c2OC)CN1CC. The van der Waals surface area contributed by atoms with Crippen LogP contribution in [0.25, 0.3) is 0 Å². The predicted octanol–water partition coefficient (Wildman–Crippen LogP) is 2.32. The van der Waals surface area contributed by atoms with Crippen molar-refractivity contribution in [2.75, 3.05) is 20.8 Å². The lowest BCUT2D eigenvalue weighted by Gasteiger charge is -2.37. The fourth-order valence-electron chi connectivity index (χ4n) is 3.24. The van der Waals surface area contributed by atoms with E-state index in [0.717, 1.165) is 43.0 Å². The van der Waals surface area contributed by atoms with Gasteiger partial charge in [-0.2, -0.15) is 0 Å². The number of nitrogens with zero attached hydrogens (tertiary/aromatic N) is 1. The Hall–Kier alpha value is -1.26. The van der Waals surface area contributed by atoms with Crippen molar-refractivity contribution < 1.29 is 9.47 Å². The summed E-state index contributed by atoms with van der Waals surface area (Å²) in [4.78, 5) is 2.51. The van der Waals surface area contributed by atoms with E-state index in [1.807, 2.05) is 6.07 Å². The zero-order valence-corrected chi connectivity index (χ0v) is 13.0. The van der Waals surface area contributed by atoms with Crippen LogP contribution in [0, 0.1) is 0 Å². The smallest absolute Gasteiger partial charge is 0.127 e. The van der Waals surface area contributed by atoms with E-state index in [1.165, 1.54) is 11.1 Å². The van der Waals surface area contributed by atoms with Crippen molar-refractivity contribution in [2.24, 2.45) is 5.73 Å². The Balaban J connectivity index is 2.55. The molecule has 0 radical (unpaired) electrons. The van der Waals surface area contributed by atoms with E-state index in [2.05, 4.69) is 18.7 Å². The Kier molecular flexibility index (Phi) is 4.89. The molecule has 0 spiro atoms. The molecular formula is C16H26N2O2. The largest absolute Gasteiger partial charge is 0.496 e. The first-order chi connectivity index (χ1) is 9.69. The molecule has 112 valence electrons. The van der Waals surface area contributed by atoms with Crippen LogP contribution in [0.3, 0.4) is 0 Å². The van der Waals surface area contributed by atoms with E-state index < -0.39 is 0 Å². The minimum atomic E-state index is 0.473. The first-order valence-corrected chi connectivity index (χ1v) is 7.39. The van der Waals surface area contributed by atoms with Gasteiger partial charge in [0.1, 0.15) is 11.5 Å². The third kappa shape index (κ3) is 2.50. The summed E-state index contributed by atoms with van der Waals surface area (Å²) in [5, 5.41) is 0. The van der Waals surface area contributed by atoms with Gasteiger partial charge < -0.3 is 15.2 Å². The van der Waals surface area contributed by atoms with Crippen molar-refractivity contribution in [3.8, 4) is 11.5 Å². The van der Waals surface area contributed by atoms with Gasteiger partial charge in [0.05, 0.1) is 14.2 Å². The average molecular weight is 278 g/mol. The molecule has 1 aliphatic heterocycles. The van der Waals surface area contributed by atoms with Crippen LogP contribution in [0.2, 0.25) is 0 Å². The highest BCUT2D eigenvalue weighted by atomic mass is 16.5. The lowest BCUT2D eigenvalue weighted by molar-refractivity contribution is 0.171. The van der Waals surface area contributed by atoms with Gasteiger partial charge in [0.15, 0.2) is 0 Å². The lowest BCUT2D eigenvalue weighted by atomic mass is 9.89. The second-order valence-electron chi connectivity index (χ2n) is 5.26. The Labute approximate surface area is 121 Å². The van der Waals surface area contributed by atoms with Crippen LogP contribution in [-0.4, -0.2) is 31.7 Å². The molecule has 4 nitrogen and oxygen atoms in total. The standard InChI is InChI=1S/C16H26N2O2/c1-5-12-8-13-14(10-18(12)6-2)15(19-3)7-11(9-17)16(13)20-4/h7,12H,5-6,8-10,17H2,1-4H3. The molecule has 0 fully saturated rings. The van der Waals surface area contributed by atoms with Gasteiger partial charge >= 0.3 is 0 Å². The number of benzene rings is 1. The summed E-state index contributed by atoms with van der Waals surface area (Å²) < 4.78 is 11.2. The topological polar surface area (TPSA) is 47.7 Å². The van der Waals surface area contributed by atoms with Gasteiger partial charge in [-0.3, -0.25) is 4.90 Å². The number of likely N-dealkylation sites (N-methyl/N-ethyl adjacent to an activating group) is 1. The minimum Gasteiger partial charge on any atom is -0.496 e. The highest BCUT2D eigenvalue weighted by molar-refractivity contribution is 5.55. The zero-order valence-electron chi connectivity index (χ0n) is 13.0. The molecule has 0 amide bonds. The summed E-state index contributed by atoms with van der Waals surface area (Å²) >= 11 is 0. The highest BCUT2D eigenvalue weighted by Gasteiger charge is 2.29. The quantitative estimate of drug-likeness (QED) is 0.898. The van der Waals surface area contributed by atoms with Gasteiger partial charge in [-0.15, -0.1) is 0 Å². The van der Waals surface area contributed by atoms with Crippen molar-refractivity contribution in [1.82, 2.24) is 4.90 Å². The first-order valence-electron chi connectivity index (χ1n) is 7.39. The van der Waals surface area contributed by atoms with Gasteiger partial charge in [0.25, 0.3) is 0 Å². The third-order valence-electron chi connectivity index (χ3n) is 4.37. The summed E-state index contributed by atoms with van der Waals surface area (Å²) in [6.45, 7) is 6.91. The second-order valence-corrected chi connectivity index (χ2v) is 5.26. The van der Waals surface area contributed by atoms with Crippen LogP contribution in [0.5, 0.6) is 11.5 Å². The lowest BCUT2D eigenvalue weighted by Crippen LogP contribution is -2.40. The van der Waals surface area contributed by atoms with Gasteiger partial charge in [0.2, 0.25) is 0 Å². The number of rotatable bonds is 5. The number of methoxy groups -OCH3 is 2. The van der Waals surface area contributed by atoms with Gasteiger partial charge in [-0.25, -0.2) is 0 Å². The normalized spacial score (nSPS) is 18.8. The average Bonchev–Trinajstić information content (AvgIpc) is 2.51. The molecule has 1 atom stereocenters.